The summed E-state index contributed by atoms with van der Waals surface area (Å²) in [6.07, 6.45) is 0.973. The molecule has 32 heavy (non-hydrogen) atoms. The molecule has 2 aromatic rings. The highest BCUT2D eigenvalue weighted by Gasteiger charge is 2.22. The molecular weight excluding hydrogens is 440 g/mol. The average molecular weight is 464 g/mol. The van der Waals surface area contributed by atoms with E-state index >= 15 is 0 Å². The van der Waals surface area contributed by atoms with E-state index in [1.807, 2.05) is 0 Å². The van der Waals surface area contributed by atoms with Crippen molar-refractivity contribution in [3.63, 3.8) is 0 Å². The van der Waals surface area contributed by atoms with Gasteiger partial charge in [-0.15, -0.1) is 0 Å². The van der Waals surface area contributed by atoms with E-state index in [0.717, 1.165) is 10.6 Å². The molecular formula is C21H24N2O8S. The summed E-state index contributed by atoms with van der Waals surface area (Å²) >= 11 is 0. The van der Waals surface area contributed by atoms with Crippen molar-refractivity contribution in [2.75, 3.05) is 43.2 Å². The van der Waals surface area contributed by atoms with Gasteiger partial charge in [-0.3, -0.25) is 9.10 Å². The Bertz CT molecular complexity index is 1080. The zero-order chi connectivity index (χ0) is 23.9. The Labute approximate surface area is 186 Å². The summed E-state index contributed by atoms with van der Waals surface area (Å²) in [5.74, 6) is -1.70. The second-order valence-electron chi connectivity index (χ2n) is 6.53. The van der Waals surface area contributed by atoms with Gasteiger partial charge in [0, 0.05) is 11.8 Å². The van der Waals surface area contributed by atoms with Crippen molar-refractivity contribution in [3.8, 4) is 5.75 Å². The van der Waals surface area contributed by atoms with Crippen LogP contribution in [-0.4, -0.2) is 59.9 Å². The summed E-state index contributed by atoms with van der Waals surface area (Å²) in [7, 11) is -1.47. The summed E-state index contributed by atoms with van der Waals surface area (Å²) < 4.78 is 40.3. The molecule has 0 aliphatic heterocycles. The van der Waals surface area contributed by atoms with Crippen molar-refractivity contribution >= 4 is 39.2 Å². The van der Waals surface area contributed by atoms with Gasteiger partial charge in [0.15, 0.2) is 0 Å². The minimum Gasteiger partial charge on any atom is -0.494 e. The maximum absolute atomic E-state index is 12.7. The second kappa shape index (κ2) is 10.6. The third kappa shape index (κ3) is 6.45. The molecule has 2 rings (SSSR count). The van der Waals surface area contributed by atoms with E-state index in [0.29, 0.717) is 12.4 Å². The maximum atomic E-state index is 12.7. The predicted molar refractivity (Wildman–Crippen MR) is 118 cm³/mol. The molecule has 0 bridgehead atoms. The molecule has 0 spiro atoms. The van der Waals surface area contributed by atoms with Crippen LogP contribution in [-0.2, 0) is 24.3 Å². The number of ether oxygens (including phenoxy) is 3. The topological polar surface area (TPSA) is 128 Å². The highest BCUT2D eigenvalue weighted by atomic mass is 32.2. The molecule has 0 atom stereocenters. The van der Waals surface area contributed by atoms with Crippen LogP contribution in [0, 0.1) is 0 Å². The Balaban J connectivity index is 2.33. The molecule has 2 aromatic carbocycles. The number of hydrogen-bond acceptors (Lipinski definition) is 8. The van der Waals surface area contributed by atoms with Crippen LogP contribution in [0.15, 0.2) is 42.5 Å². The first-order chi connectivity index (χ1) is 15.1. The van der Waals surface area contributed by atoms with E-state index in [1.165, 1.54) is 44.6 Å². The molecule has 0 heterocycles. The van der Waals surface area contributed by atoms with Crippen LogP contribution in [0.25, 0.3) is 0 Å². The summed E-state index contributed by atoms with van der Waals surface area (Å²) in [5, 5.41) is 2.50. The van der Waals surface area contributed by atoms with Crippen molar-refractivity contribution in [1.29, 1.82) is 0 Å². The summed E-state index contributed by atoms with van der Waals surface area (Å²) in [6.45, 7) is 1.63. The number of carbonyl (C=O) groups is 3. The lowest BCUT2D eigenvalue weighted by Gasteiger charge is -2.22. The molecule has 1 N–H and O–H groups in total. The van der Waals surface area contributed by atoms with E-state index in [1.54, 1.807) is 19.1 Å². The maximum Gasteiger partial charge on any atom is 0.337 e. The van der Waals surface area contributed by atoms with Crippen LogP contribution in [0.3, 0.4) is 0 Å². The van der Waals surface area contributed by atoms with Crippen molar-refractivity contribution in [2.24, 2.45) is 0 Å². The van der Waals surface area contributed by atoms with Gasteiger partial charge >= 0.3 is 11.9 Å². The van der Waals surface area contributed by atoms with Crippen LogP contribution in [0.4, 0.5) is 11.4 Å². The second-order valence-corrected chi connectivity index (χ2v) is 8.44. The molecule has 0 saturated heterocycles. The van der Waals surface area contributed by atoms with E-state index < -0.39 is 34.4 Å². The quantitative estimate of drug-likeness (QED) is 0.559. The largest absolute Gasteiger partial charge is 0.494 e. The monoisotopic (exact) mass is 464 g/mol. The van der Waals surface area contributed by atoms with Crippen LogP contribution in [0.5, 0.6) is 5.75 Å². The zero-order valence-electron chi connectivity index (χ0n) is 18.1. The smallest absolute Gasteiger partial charge is 0.337 e. The normalized spacial score (nSPS) is 10.8. The molecule has 0 aromatic heterocycles. The van der Waals surface area contributed by atoms with Gasteiger partial charge < -0.3 is 19.5 Å². The number of nitrogens with one attached hydrogen (secondary N) is 1. The molecule has 11 heteroatoms. The third-order valence-electron chi connectivity index (χ3n) is 4.16. The molecule has 0 fully saturated rings. The molecule has 1 amide bonds. The lowest BCUT2D eigenvalue weighted by atomic mass is 10.1. The van der Waals surface area contributed by atoms with Gasteiger partial charge in [0.1, 0.15) is 12.3 Å². The number of benzene rings is 2. The van der Waals surface area contributed by atoms with E-state index in [2.05, 4.69) is 14.8 Å². The fourth-order valence-corrected chi connectivity index (χ4v) is 3.65. The molecule has 0 unspecified atom stereocenters. The Kier molecular flexibility index (Phi) is 8.19. The van der Waals surface area contributed by atoms with Crippen LogP contribution in [0.2, 0.25) is 0 Å². The van der Waals surface area contributed by atoms with Crippen LogP contribution < -0.4 is 14.4 Å². The first kappa shape index (κ1) is 24.7. The van der Waals surface area contributed by atoms with Gasteiger partial charge in [0.2, 0.25) is 15.9 Å². The number of sulfonamides is 1. The number of carbonyl (C=O) groups excluding carboxylic acids is 3. The van der Waals surface area contributed by atoms with Gasteiger partial charge in [-0.1, -0.05) is 6.07 Å². The molecule has 0 aliphatic rings. The summed E-state index contributed by atoms with van der Waals surface area (Å²) in [6, 6.07) is 10.2. The van der Waals surface area contributed by atoms with Crippen LogP contribution >= 0.6 is 0 Å². The lowest BCUT2D eigenvalue weighted by Crippen LogP contribution is -2.37. The minimum atomic E-state index is -3.82. The molecule has 10 nitrogen and oxygen atoms in total. The predicted octanol–water partition coefficient (Wildman–Crippen LogP) is 2.06. The number of rotatable bonds is 9. The molecule has 0 radical (unpaired) electrons. The average Bonchev–Trinajstić information content (AvgIpc) is 2.75. The Morgan fingerprint density at radius 3 is 2.06 bits per heavy atom. The van der Waals surface area contributed by atoms with Gasteiger partial charge in [-0.2, -0.15) is 0 Å². The summed E-state index contributed by atoms with van der Waals surface area (Å²) in [4.78, 5) is 36.5. The minimum absolute atomic E-state index is 0.00934. The number of esters is 2. The van der Waals surface area contributed by atoms with Crippen molar-refractivity contribution in [3.05, 3.63) is 53.6 Å². The standard InChI is InChI=1S/C21H24N2O8S/c1-5-31-18-8-6-7-17(12-18)23(32(4,27)28)13-19(24)22-16-10-14(20(25)29-2)9-15(11-16)21(26)30-3/h6-12H,5,13H2,1-4H3,(H,22,24). The zero-order valence-corrected chi connectivity index (χ0v) is 18.9. The molecule has 0 aliphatic carbocycles. The SMILES string of the molecule is CCOc1cccc(N(CC(=O)Nc2cc(C(=O)OC)cc(C(=O)OC)c2)S(C)(=O)=O)c1. The highest BCUT2D eigenvalue weighted by molar-refractivity contribution is 7.92. The number of nitrogens with zero attached hydrogens (tertiary/aromatic N) is 1. The Morgan fingerprint density at radius 2 is 1.56 bits per heavy atom. The first-order valence-corrected chi connectivity index (χ1v) is 11.3. The number of anilines is 2. The van der Waals surface area contributed by atoms with Crippen LogP contribution in [0.1, 0.15) is 27.6 Å². The van der Waals surface area contributed by atoms with Gasteiger partial charge in [0.05, 0.1) is 43.9 Å². The van der Waals surface area contributed by atoms with E-state index in [-0.39, 0.29) is 22.5 Å². The fraction of sp³-hybridized carbons (Fsp3) is 0.286. The number of hydrogen-bond donors (Lipinski definition) is 1. The number of amides is 1. The van der Waals surface area contributed by atoms with E-state index in [4.69, 9.17) is 4.74 Å². The van der Waals surface area contributed by atoms with Gasteiger partial charge in [0.25, 0.3) is 0 Å². The fourth-order valence-electron chi connectivity index (χ4n) is 2.80. The highest BCUT2D eigenvalue weighted by Crippen LogP contribution is 2.24. The molecule has 0 saturated carbocycles. The lowest BCUT2D eigenvalue weighted by molar-refractivity contribution is -0.114. The van der Waals surface area contributed by atoms with E-state index in [9.17, 15) is 22.8 Å². The number of methoxy groups -OCH3 is 2. The van der Waals surface area contributed by atoms with Crippen molar-refractivity contribution in [1.82, 2.24) is 0 Å². The molecule has 172 valence electrons. The van der Waals surface area contributed by atoms with Crippen molar-refractivity contribution in [2.45, 2.75) is 6.92 Å². The summed E-state index contributed by atoms with van der Waals surface area (Å²) in [5.41, 5.74) is 0.354. The van der Waals surface area contributed by atoms with Gasteiger partial charge in [-0.05, 0) is 37.3 Å². The Hall–Kier alpha value is -3.60. The third-order valence-corrected chi connectivity index (χ3v) is 5.30. The van der Waals surface area contributed by atoms with Crippen molar-refractivity contribution < 1.29 is 37.0 Å². The first-order valence-electron chi connectivity index (χ1n) is 9.41. The van der Waals surface area contributed by atoms with Gasteiger partial charge in [-0.25, -0.2) is 18.0 Å². The Morgan fingerprint density at radius 1 is 0.969 bits per heavy atom.